The van der Waals surface area contributed by atoms with E-state index in [4.69, 9.17) is 14.2 Å². The van der Waals surface area contributed by atoms with E-state index in [9.17, 15) is 0 Å². The van der Waals surface area contributed by atoms with Crippen molar-refractivity contribution < 1.29 is 14.2 Å². The van der Waals surface area contributed by atoms with E-state index in [2.05, 4.69) is 19.1 Å². The van der Waals surface area contributed by atoms with Crippen LogP contribution < -0.4 is 4.74 Å². The zero-order valence-corrected chi connectivity index (χ0v) is 10.1. The van der Waals surface area contributed by atoms with Gasteiger partial charge in [-0.1, -0.05) is 13.0 Å². The maximum atomic E-state index is 5.60. The van der Waals surface area contributed by atoms with Crippen molar-refractivity contribution in [3.63, 3.8) is 0 Å². The summed E-state index contributed by atoms with van der Waals surface area (Å²) in [5.74, 6) is 0.877. The van der Waals surface area contributed by atoms with Gasteiger partial charge in [0.25, 0.3) is 0 Å². The molecule has 2 rings (SSSR count). The molecule has 1 aromatic rings. The average molecular weight is 222 g/mol. The molecule has 16 heavy (non-hydrogen) atoms. The zero-order chi connectivity index (χ0) is 11.6. The van der Waals surface area contributed by atoms with Crippen molar-refractivity contribution in [1.82, 2.24) is 0 Å². The van der Waals surface area contributed by atoms with Crippen molar-refractivity contribution in [3.8, 4) is 5.75 Å². The van der Waals surface area contributed by atoms with Crippen LogP contribution in [0, 0.1) is 0 Å². The third kappa shape index (κ3) is 1.70. The Balaban J connectivity index is 2.43. The Morgan fingerprint density at radius 2 is 2.06 bits per heavy atom. The molecule has 0 amide bonds. The molecular weight excluding hydrogens is 204 g/mol. The van der Waals surface area contributed by atoms with Gasteiger partial charge in [-0.15, -0.1) is 0 Å². The first-order valence-corrected chi connectivity index (χ1v) is 5.56. The van der Waals surface area contributed by atoms with Crippen LogP contribution in [0.3, 0.4) is 0 Å². The fraction of sp³-hybridized carbons (Fsp3) is 0.538. The number of methoxy groups -OCH3 is 2. The van der Waals surface area contributed by atoms with Gasteiger partial charge in [-0.05, 0) is 24.1 Å². The van der Waals surface area contributed by atoms with E-state index < -0.39 is 0 Å². The van der Waals surface area contributed by atoms with E-state index in [-0.39, 0.29) is 5.60 Å². The molecule has 1 aliphatic heterocycles. The third-order valence-electron chi connectivity index (χ3n) is 3.22. The fourth-order valence-corrected chi connectivity index (χ4v) is 2.00. The predicted octanol–water partition coefficient (Wildman–Crippen LogP) is 2.13. The summed E-state index contributed by atoms with van der Waals surface area (Å²) < 4.78 is 16.3. The lowest BCUT2D eigenvalue weighted by Gasteiger charge is -2.41. The summed E-state index contributed by atoms with van der Waals surface area (Å²) in [6.45, 7) is 3.35. The van der Waals surface area contributed by atoms with Gasteiger partial charge in [0.15, 0.2) is 0 Å². The molecule has 0 aliphatic carbocycles. The molecule has 0 unspecified atom stereocenters. The van der Waals surface area contributed by atoms with Crippen molar-refractivity contribution in [3.05, 3.63) is 29.3 Å². The maximum Gasteiger partial charge on any atom is 0.143 e. The molecule has 0 spiro atoms. The highest BCUT2D eigenvalue weighted by atomic mass is 16.6. The van der Waals surface area contributed by atoms with Gasteiger partial charge in [0.2, 0.25) is 0 Å². The second-order valence-electron chi connectivity index (χ2n) is 4.08. The van der Waals surface area contributed by atoms with Crippen LogP contribution in [0.15, 0.2) is 18.2 Å². The molecule has 0 saturated carbocycles. The average Bonchev–Trinajstić information content (AvgIpc) is 2.28. The Kier molecular flexibility index (Phi) is 3.17. The van der Waals surface area contributed by atoms with Crippen LogP contribution in [0.5, 0.6) is 5.75 Å². The Morgan fingerprint density at radius 1 is 1.31 bits per heavy atom. The van der Waals surface area contributed by atoms with E-state index in [0.717, 1.165) is 17.7 Å². The number of hydrogen-bond acceptors (Lipinski definition) is 3. The fourth-order valence-electron chi connectivity index (χ4n) is 2.00. The van der Waals surface area contributed by atoms with Crippen LogP contribution in [0.25, 0.3) is 0 Å². The Morgan fingerprint density at radius 3 is 2.50 bits per heavy atom. The van der Waals surface area contributed by atoms with E-state index in [0.29, 0.717) is 13.2 Å². The molecule has 0 atom stereocenters. The molecule has 0 bridgehead atoms. The normalized spacial score (nSPS) is 17.9. The van der Waals surface area contributed by atoms with Gasteiger partial charge in [0.1, 0.15) is 11.4 Å². The molecule has 3 heteroatoms. The Hall–Kier alpha value is -1.06. The Labute approximate surface area is 96.3 Å². The number of aryl methyl sites for hydroxylation is 1. The monoisotopic (exact) mass is 222 g/mol. The number of rotatable bonds is 4. The van der Waals surface area contributed by atoms with Crippen LogP contribution in [0.4, 0.5) is 0 Å². The van der Waals surface area contributed by atoms with Gasteiger partial charge in [0.05, 0.1) is 20.3 Å². The minimum Gasteiger partial charge on any atom is -0.496 e. The summed E-state index contributed by atoms with van der Waals surface area (Å²) >= 11 is 0. The summed E-state index contributed by atoms with van der Waals surface area (Å²) in [5.41, 5.74) is 2.08. The van der Waals surface area contributed by atoms with E-state index in [1.807, 2.05) is 6.07 Å². The SMILES string of the molecule is CCc1ccc(OC)c(C2(OC)COC2)c1. The lowest BCUT2D eigenvalue weighted by Crippen LogP contribution is -2.48. The van der Waals surface area contributed by atoms with Crippen LogP contribution in [-0.4, -0.2) is 27.4 Å². The molecule has 0 radical (unpaired) electrons. The highest BCUT2D eigenvalue weighted by molar-refractivity contribution is 5.42. The molecule has 1 aromatic carbocycles. The summed E-state index contributed by atoms with van der Waals surface area (Å²) in [5, 5.41) is 0. The molecular formula is C13H18O3. The van der Waals surface area contributed by atoms with Gasteiger partial charge >= 0.3 is 0 Å². The standard InChI is InChI=1S/C13H18O3/c1-4-10-5-6-12(14-2)11(7-10)13(15-3)8-16-9-13/h5-7H,4,8-9H2,1-3H3. The molecule has 1 heterocycles. The van der Waals surface area contributed by atoms with E-state index in [1.165, 1.54) is 5.56 Å². The lowest BCUT2D eigenvalue weighted by molar-refractivity contribution is -0.203. The zero-order valence-electron chi connectivity index (χ0n) is 10.1. The van der Waals surface area contributed by atoms with Gasteiger partial charge < -0.3 is 14.2 Å². The largest absolute Gasteiger partial charge is 0.496 e. The van der Waals surface area contributed by atoms with Gasteiger partial charge in [-0.3, -0.25) is 0 Å². The van der Waals surface area contributed by atoms with Crippen LogP contribution in [-0.2, 0) is 21.5 Å². The number of benzene rings is 1. The maximum absolute atomic E-state index is 5.60. The summed E-state index contributed by atoms with van der Waals surface area (Å²) in [6.07, 6.45) is 1.01. The van der Waals surface area contributed by atoms with Crippen molar-refractivity contribution in [2.75, 3.05) is 27.4 Å². The van der Waals surface area contributed by atoms with E-state index >= 15 is 0 Å². The quantitative estimate of drug-likeness (QED) is 0.781. The predicted molar refractivity (Wildman–Crippen MR) is 61.9 cm³/mol. The lowest BCUT2D eigenvalue weighted by atomic mass is 9.89. The molecule has 88 valence electrons. The number of hydrogen-bond donors (Lipinski definition) is 0. The van der Waals surface area contributed by atoms with Crippen LogP contribution >= 0.6 is 0 Å². The summed E-state index contributed by atoms with van der Waals surface area (Å²) in [4.78, 5) is 0. The van der Waals surface area contributed by atoms with Crippen molar-refractivity contribution >= 4 is 0 Å². The highest BCUT2D eigenvalue weighted by Gasteiger charge is 2.42. The second-order valence-corrected chi connectivity index (χ2v) is 4.08. The number of ether oxygens (including phenoxy) is 3. The van der Waals surface area contributed by atoms with Crippen molar-refractivity contribution in [2.45, 2.75) is 18.9 Å². The van der Waals surface area contributed by atoms with Gasteiger partial charge in [0, 0.05) is 12.7 Å². The molecule has 0 aromatic heterocycles. The van der Waals surface area contributed by atoms with Crippen LogP contribution in [0.2, 0.25) is 0 Å². The van der Waals surface area contributed by atoms with Gasteiger partial charge in [-0.25, -0.2) is 0 Å². The molecule has 1 saturated heterocycles. The molecule has 3 nitrogen and oxygen atoms in total. The first-order chi connectivity index (χ1) is 7.75. The first-order valence-electron chi connectivity index (χ1n) is 5.56. The third-order valence-corrected chi connectivity index (χ3v) is 3.22. The Bertz CT molecular complexity index is 364. The minimum atomic E-state index is -0.309. The van der Waals surface area contributed by atoms with E-state index in [1.54, 1.807) is 14.2 Å². The second kappa shape index (κ2) is 4.44. The molecule has 1 fully saturated rings. The minimum absolute atomic E-state index is 0.309. The topological polar surface area (TPSA) is 27.7 Å². The molecule has 0 N–H and O–H groups in total. The highest BCUT2D eigenvalue weighted by Crippen LogP contribution is 2.39. The smallest absolute Gasteiger partial charge is 0.143 e. The molecule has 1 aliphatic rings. The summed E-state index contributed by atoms with van der Waals surface area (Å²) in [6, 6.07) is 6.25. The van der Waals surface area contributed by atoms with Crippen molar-refractivity contribution in [2.24, 2.45) is 0 Å². The summed E-state index contributed by atoms with van der Waals surface area (Å²) in [7, 11) is 3.41. The van der Waals surface area contributed by atoms with Crippen molar-refractivity contribution in [1.29, 1.82) is 0 Å². The van der Waals surface area contributed by atoms with Gasteiger partial charge in [-0.2, -0.15) is 0 Å². The van der Waals surface area contributed by atoms with Crippen LogP contribution in [0.1, 0.15) is 18.1 Å². The first kappa shape index (κ1) is 11.4.